The van der Waals surface area contributed by atoms with Gasteiger partial charge in [-0.05, 0) is 36.6 Å². The van der Waals surface area contributed by atoms with Gasteiger partial charge in [-0.1, -0.05) is 6.07 Å². The van der Waals surface area contributed by atoms with Crippen LogP contribution in [0.5, 0.6) is 0 Å². The molecule has 2 atom stereocenters. The van der Waals surface area contributed by atoms with Gasteiger partial charge in [0.05, 0.1) is 11.7 Å². The van der Waals surface area contributed by atoms with Crippen molar-refractivity contribution in [1.82, 2.24) is 0 Å². The summed E-state index contributed by atoms with van der Waals surface area (Å²) in [6, 6.07) is 4.39. The maximum Gasteiger partial charge on any atom is 0.335 e. The minimum absolute atomic E-state index is 0.158. The number of rotatable bonds is 5. The number of hydrogen-bond acceptors (Lipinski definition) is 3. The Balaban J connectivity index is 2.95. The van der Waals surface area contributed by atoms with E-state index in [0.717, 1.165) is 0 Å². The molecule has 1 rings (SSSR count). The number of carbonyl (C=O) groups is 1. The predicted molar refractivity (Wildman–Crippen MR) is 64.4 cm³/mol. The van der Waals surface area contributed by atoms with Crippen LogP contribution in [0.3, 0.4) is 0 Å². The lowest BCUT2D eigenvalue weighted by Gasteiger charge is -2.19. The molecule has 0 fully saturated rings. The molecule has 0 heterocycles. The number of carboxylic acids is 1. The summed E-state index contributed by atoms with van der Waals surface area (Å²) < 4.78 is 0. The quantitative estimate of drug-likeness (QED) is 0.703. The fourth-order valence-electron chi connectivity index (χ4n) is 1.62. The molecule has 3 N–H and O–H groups in total. The molecule has 0 aliphatic carbocycles. The number of alkyl halides is 1. The molecule has 4 nitrogen and oxygen atoms in total. The molecule has 0 aliphatic heterocycles. The topological polar surface area (TPSA) is 77.8 Å². The van der Waals surface area contributed by atoms with Crippen molar-refractivity contribution in [3.63, 3.8) is 0 Å². The van der Waals surface area contributed by atoms with Crippen LogP contribution in [-0.4, -0.2) is 33.3 Å². The summed E-state index contributed by atoms with van der Waals surface area (Å²) >= 11 is 5.49. The summed E-state index contributed by atoms with van der Waals surface area (Å²) in [4.78, 5) is 10.7. The van der Waals surface area contributed by atoms with Crippen LogP contribution in [0, 0.1) is 6.92 Å². The van der Waals surface area contributed by atoms with Crippen LogP contribution in [-0.2, 0) is 0 Å². The van der Waals surface area contributed by atoms with Crippen molar-refractivity contribution in [1.29, 1.82) is 0 Å². The van der Waals surface area contributed by atoms with Gasteiger partial charge < -0.3 is 15.3 Å². The van der Waals surface area contributed by atoms with E-state index in [9.17, 15) is 15.0 Å². The van der Waals surface area contributed by atoms with Crippen LogP contribution in [0.2, 0.25) is 0 Å². The van der Waals surface area contributed by atoms with Crippen LogP contribution in [0.25, 0.3) is 0 Å². The van der Waals surface area contributed by atoms with Gasteiger partial charge in [0.1, 0.15) is 6.10 Å². The summed E-state index contributed by atoms with van der Waals surface area (Å²) in [5.74, 6) is -0.764. The number of aliphatic hydroxyl groups is 2. The molecule has 1 aromatic rings. The van der Waals surface area contributed by atoms with Gasteiger partial charge in [-0.3, -0.25) is 0 Å². The lowest BCUT2D eigenvalue weighted by molar-refractivity contribution is 0.0166. The van der Waals surface area contributed by atoms with Crippen molar-refractivity contribution < 1.29 is 20.1 Å². The van der Waals surface area contributed by atoms with Crippen molar-refractivity contribution in [3.05, 3.63) is 34.9 Å². The first-order valence-corrected chi connectivity index (χ1v) is 5.76. The fourth-order valence-corrected chi connectivity index (χ4v) is 1.84. The highest BCUT2D eigenvalue weighted by molar-refractivity contribution is 6.17. The summed E-state index contributed by atoms with van der Waals surface area (Å²) in [5.41, 5.74) is 1.31. The third-order valence-corrected chi connectivity index (χ3v) is 2.82. The molecule has 0 spiro atoms. The second-order valence-electron chi connectivity index (χ2n) is 3.87. The third kappa shape index (κ3) is 3.43. The van der Waals surface area contributed by atoms with Crippen LogP contribution >= 0.6 is 11.6 Å². The Bertz CT molecular complexity index is 405. The molecule has 1 aromatic carbocycles. The van der Waals surface area contributed by atoms with E-state index >= 15 is 0 Å². The van der Waals surface area contributed by atoms with Gasteiger partial charge in [0, 0.05) is 5.88 Å². The van der Waals surface area contributed by atoms with Crippen molar-refractivity contribution in [2.24, 2.45) is 0 Å². The Morgan fingerprint density at radius 2 is 2.06 bits per heavy atom. The maximum atomic E-state index is 10.7. The van der Waals surface area contributed by atoms with Gasteiger partial charge in [-0.25, -0.2) is 4.79 Å². The lowest BCUT2D eigenvalue weighted by atomic mass is 9.96. The zero-order valence-corrected chi connectivity index (χ0v) is 10.2. The zero-order chi connectivity index (χ0) is 13.0. The van der Waals surface area contributed by atoms with E-state index in [2.05, 4.69) is 0 Å². The standard InChI is InChI=1S/C12H15ClO4/c1-7-6-8(12(16)17)2-3-9(7)11(15)10(14)4-5-13/h2-3,6,10-11,14-15H,4-5H2,1H3,(H,16,17). The highest BCUT2D eigenvalue weighted by atomic mass is 35.5. The van der Waals surface area contributed by atoms with E-state index < -0.39 is 18.2 Å². The van der Waals surface area contributed by atoms with Gasteiger partial charge in [-0.2, -0.15) is 0 Å². The van der Waals surface area contributed by atoms with Crippen molar-refractivity contribution in [2.75, 3.05) is 5.88 Å². The molecule has 0 aromatic heterocycles. The van der Waals surface area contributed by atoms with E-state index in [0.29, 0.717) is 11.1 Å². The molecule has 17 heavy (non-hydrogen) atoms. The highest BCUT2D eigenvalue weighted by Gasteiger charge is 2.20. The lowest BCUT2D eigenvalue weighted by Crippen LogP contribution is -2.19. The van der Waals surface area contributed by atoms with Gasteiger partial charge in [0.2, 0.25) is 0 Å². The van der Waals surface area contributed by atoms with Gasteiger partial charge in [-0.15, -0.1) is 11.6 Å². The van der Waals surface area contributed by atoms with E-state index in [1.165, 1.54) is 18.2 Å². The Kier molecular flexibility index (Phi) is 4.93. The molecule has 2 unspecified atom stereocenters. The molecule has 0 bridgehead atoms. The Hall–Kier alpha value is -1.10. The van der Waals surface area contributed by atoms with Gasteiger partial charge in [0.25, 0.3) is 0 Å². The second kappa shape index (κ2) is 6.00. The number of halogens is 1. The Morgan fingerprint density at radius 3 is 2.53 bits per heavy atom. The molecule has 94 valence electrons. The molecule has 0 saturated heterocycles. The van der Waals surface area contributed by atoms with Crippen LogP contribution in [0.15, 0.2) is 18.2 Å². The molecule has 0 aliphatic rings. The minimum Gasteiger partial charge on any atom is -0.478 e. The number of benzene rings is 1. The summed E-state index contributed by atoms with van der Waals surface area (Å²) in [6.07, 6.45) is -1.71. The average Bonchev–Trinajstić information content (AvgIpc) is 2.28. The number of aliphatic hydroxyl groups excluding tert-OH is 2. The monoisotopic (exact) mass is 258 g/mol. The smallest absolute Gasteiger partial charge is 0.335 e. The van der Waals surface area contributed by atoms with Crippen molar-refractivity contribution >= 4 is 17.6 Å². The zero-order valence-electron chi connectivity index (χ0n) is 9.43. The molecule has 0 radical (unpaired) electrons. The summed E-state index contributed by atoms with van der Waals surface area (Å²) in [5, 5.41) is 28.3. The fraction of sp³-hybridized carbons (Fsp3) is 0.417. The number of aromatic carboxylic acids is 1. The van der Waals surface area contributed by atoms with Crippen molar-refractivity contribution in [3.8, 4) is 0 Å². The highest BCUT2D eigenvalue weighted by Crippen LogP contribution is 2.23. The second-order valence-corrected chi connectivity index (χ2v) is 4.24. The first kappa shape index (κ1) is 14.0. The van der Waals surface area contributed by atoms with Crippen molar-refractivity contribution in [2.45, 2.75) is 25.6 Å². The largest absolute Gasteiger partial charge is 0.478 e. The number of carboxylic acid groups (broad SMARTS) is 1. The molecule has 0 amide bonds. The normalized spacial score (nSPS) is 14.4. The average molecular weight is 259 g/mol. The van der Waals surface area contributed by atoms with Crippen LogP contribution in [0.1, 0.15) is 34.0 Å². The maximum absolute atomic E-state index is 10.7. The Morgan fingerprint density at radius 1 is 1.41 bits per heavy atom. The Labute approximate surface area is 104 Å². The number of hydrogen-bond donors (Lipinski definition) is 3. The SMILES string of the molecule is Cc1cc(C(=O)O)ccc1C(O)C(O)CCCl. The molecular formula is C12H15ClO4. The predicted octanol–water partition coefficient (Wildman–Crippen LogP) is 1.72. The first-order valence-electron chi connectivity index (χ1n) is 5.23. The molecular weight excluding hydrogens is 244 g/mol. The number of aryl methyl sites for hydroxylation is 1. The summed E-state index contributed by atoms with van der Waals surface area (Å²) in [7, 11) is 0. The van der Waals surface area contributed by atoms with Gasteiger partial charge in [0.15, 0.2) is 0 Å². The summed E-state index contributed by atoms with van der Waals surface area (Å²) in [6.45, 7) is 1.69. The van der Waals surface area contributed by atoms with Gasteiger partial charge >= 0.3 is 5.97 Å². The van der Waals surface area contributed by atoms with Crippen LogP contribution < -0.4 is 0 Å². The first-order chi connectivity index (χ1) is 7.97. The van der Waals surface area contributed by atoms with Crippen LogP contribution in [0.4, 0.5) is 0 Å². The van der Waals surface area contributed by atoms with E-state index in [1.54, 1.807) is 6.92 Å². The molecule has 5 heteroatoms. The minimum atomic E-state index is -1.04. The molecule has 0 saturated carbocycles. The van der Waals surface area contributed by atoms with E-state index in [-0.39, 0.29) is 17.9 Å². The third-order valence-electron chi connectivity index (χ3n) is 2.60. The van der Waals surface area contributed by atoms with E-state index in [4.69, 9.17) is 16.7 Å². The van der Waals surface area contributed by atoms with E-state index in [1.807, 2.05) is 0 Å².